The van der Waals surface area contributed by atoms with E-state index in [4.69, 9.17) is 11.6 Å². The number of amides is 1. The fourth-order valence-corrected chi connectivity index (χ4v) is 4.61. The highest BCUT2D eigenvalue weighted by Crippen LogP contribution is 2.25. The molecule has 0 radical (unpaired) electrons. The number of rotatable bonds is 6. The summed E-state index contributed by atoms with van der Waals surface area (Å²) in [7, 11) is -3.79. The van der Waals surface area contributed by atoms with Gasteiger partial charge in [-0.25, -0.2) is 8.42 Å². The number of carbonyl (C=O) groups excluding carboxylic acids is 1. The van der Waals surface area contributed by atoms with E-state index in [1.54, 1.807) is 12.1 Å². The van der Waals surface area contributed by atoms with Crippen LogP contribution in [-0.2, 0) is 10.0 Å². The van der Waals surface area contributed by atoms with Gasteiger partial charge in [0.2, 0.25) is 0 Å². The van der Waals surface area contributed by atoms with E-state index in [0.717, 1.165) is 22.3 Å². The second-order valence-electron chi connectivity index (χ2n) is 7.67. The van der Waals surface area contributed by atoms with Gasteiger partial charge in [0.05, 0.1) is 21.5 Å². The van der Waals surface area contributed by atoms with E-state index in [1.165, 1.54) is 30.3 Å². The third-order valence-electron chi connectivity index (χ3n) is 5.03. The van der Waals surface area contributed by atoms with Crippen molar-refractivity contribution in [1.82, 2.24) is 5.32 Å². The van der Waals surface area contributed by atoms with Gasteiger partial charge in [0, 0.05) is 5.69 Å². The summed E-state index contributed by atoms with van der Waals surface area (Å²) < 4.78 is 27.8. The molecule has 0 aliphatic rings. The first-order valence-electron chi connectivity index (χ1n) is 9.84. The van der Waals surface area contributed by atoms with E-state index in [1.807, 2.05) is 39.8 Å². The molecular formula is C24H25ClN2O3S. The monoisotopic (exact) mass is 456 g/mol. The smallest absolute Gasteiger partial charge is 0.261 e. The Kier molecular flexibility index (Phi) is 6.72. The summed E-state index contributed by atoms with van der Waals surface area (Å²) >= 11 is 6.24. The minimum atomic E-state index is -3.79. The Morgan fingerprint density at radius 2 is 1.55 bits per heavy atom. The summed E-state index contributed by atoms with van der Waals surface area (Å²) in [5.74, 6) is -0.381. The lowest BCUT2D eigenvalue weighted by Gasteiger charge is -2.18. The third kappa shape index (κ3) is 5.46. The Bertz CT molecular complexity index is 1220. The van der Waals surface area contributed by atoms with Gasteiger partial charge in [-0.05, 0) is 69.2 Å². The molecule has 3 aromatic carbocycles. The molecular weight excluding hydrogens is 432 g/mol. The molecule has 0 saturated carbocycles. The number of halogens is 1. The van der Waals surface area contributed by atoms with E-state index in [9.17, 15) is 13.2 Å². The molecule has 3 aromatic rings. The third-order valence-corrected chi connectivity index (χ3v) is 6.76. The lowest BCUT2D eigenvalue weighted by atomic mass is 10.00. The molecule has 7 heteroatoms. The molecule has 1 atom stereocenters. The van der Waals surface area contributed by atoms with Crippen molar-refractivity contribution < 1.29 is 13.2 Å². The fourth-order valence-electron chi connectivity index (χ4n) is 3.36. The number of aryl methyl sites for hydroxylation is 3. The first-order chi connectivity index (χ1) is 14.6. The first kappa shape index (κ1) is 22.8. The van der Waals surface area contributed by atoms with Gasteiger partial charge in [0.15, 0.2) is 0 Å². The van der Waals surface area contributed by atoms with Crippen LogP contribution >= 0.6 is 11.6 Å². The van der Waals surface area contributed by atoms with Gasteiger partial charge in [-0.15, -0.1) is 0 Å². The normalized spacial score (nSPS) is 12.3. The van der Waals surface area contributed by atoms with Crippen LogP contribution in [0.25, 0.3) is 0 Å². The van der Waals surface area contributed by atoms with Crippen LogP contribution in [0.15, 0.2) is 65.6 Å². The number of hydrogen-bond acceptors (Lipinski definition) is 3. The van der Waals surface area contributed by atoms with Crippen LogP contribution in [0.2, 0.25) is 5.02 Å². The maximum absolute atomic E-state index is 12.9. The van der Waals surface area contributed by atoms with Crippen molar-refractivity contribution in [2.45, 2.75) is 38.6 Å². The SMILES string of the molecule is Cc1ccc(S(=O)(=O)Nc2ccc(Cl)c(C(=O)NC(C)c3ccc(C)cc3C)c2)cc1. The maximum Gasteiger partial charge on any atom is 0.261 e. The van der Waals surface area contributed by atoms with Gasteiger partial charge in [-0.1, -0.05) is 53.1 Å². The van der Waals surface area contributed by atoms with E-state index < -0.39 is 10.0 Å². The van der Waals surface area contributed by atoms with Crippen LogP contribution in [-0.4, -0.2) is 14.3 Å². The first-order valence-corrected chi connectivity index (χ1v) is 11.7. The zero-order chi connectivity index (χ0) is 22.8. The number of nitrogens with one attached hydrogen (secondary N) is 2. The largest absolute Gasteiger partial charge is 0.345 e. The highest BCUT2D eigenvalue weighted by atomic mass is 35.5. The molecule has 0 fully saturated rings. The Balaban J connectivity index is 1.81. The Morgan fingerprint density at radius 1 is 0.903 bits per heavy atom. The average molecular weight is 457 g/mol. The summed E-state index contributed by atoms with van der Waals surface area (Å²) in [6.45, 7) is 7.79. The molecule has 0 heterocycles. The van der Waals surface area contributed by atoms with Gasteiger partial charge in [0.25, 0.3) is 15.9 Å². The quantitative estimate of drug-likeness (QED) is 0.510. The molecule has 3 rings (SSSR count). The number of sulfonamides is 1. The maximum atomic E-state index is 12.9. The Labute approximate surface area is 188 Å². The Hall–Kier alpha value is -2.83. The number of hydrogen-bond donors (Lipinski definition) is 2. The van der Waals surface area contributed by atoms with Crippen molar-refractivity contribution >= 4 is 33.2 Å². The summed E-state index contributed by atoms with van der Waals surface area (Å²) in [4.78, 5) is 13.0. The van der Waals surface area contributed by atoms with Crippen molar-refractivity contribution in [3.8, 4) is 0 Å². The van der Waals surface area contributed by atoms with Crippen molar-refractivity contribution in [3.63, 3.8) is 0 Å². The summed E-state index contributed by atoms with van der Waals surface area (Å²) in [6.07, 6.45) is 0. The van der Waals surface area contributed by atoms with Crippen molar-refractivity contribution in [3.05, 3.63) is 93.5 Å². The fraction of sp³-hybridized carbons (Fsp3) is 0.208. The molecule has 1 unspecified atom stereocenters. The number of benzene rings is 3. The van der Waals surface area contributed by atoms with E-state index in [2.05, 4.69) is 16.1 Å². The van der Waals surface area contributed by atoms with Crippen LogP contribution in [0.5, 0.6) is 0 Å². The second kappa shape index (κ2) is 9.12. The van der Waals surface area contributed by atoms with Gasteiger partial charge < -0.3 is 5.32 Å². The molecule has 0 aliphatic carbocycles. The van der Waals surface area contributed by atoms with Crippen LogP contribution < -0.4 is 10.0 Å². The van der Waals surface area contributed by atoms with Crippen LogP contribution in [0, 0.1) is 20.8 Å². The topological polar surface area (TPSA) is 75.3 Å². The van der Waals surface area contributed by atoms with Crippen molar-refractivity contribution in [2.24, 2.45) is 0 Å². The van der Waals surface area contributed by atoms with Gasteiger partial charge >= 0.3 is 0 Å². The molecule has 2 N–H and O–H groups in total. The van der Waals surface area contributed by atoms with Gasteiger partial charge in [-0.3, -0.25) is 9.52 Å². The molecule has 0 bridgehead atoms. The standard InChI is InChI=1S/C24H25ClN2O3S/c1-15-5-9-20(10-6-15)31(29,30)27-19-8-12-23(25)22(14-19)24(28)26-18(4)21-11-7-16(2)13-17(21)3/h5-14,18,27H,1-4H3,(H,26,28). The summed E-state index contributed by atoms with van der Waals surface area (Å²) in [6, 6.07) is 16.8. The minimum Gasteiger partial charge on any atom is -0.345 e. The predicted octanol–water partition coefficient (Wildman–Crippen LogP) is 5.56. The molecule has 0 saturated heterocycles. The lowest BCUT2D eigenvalue weighted by molar-refractivity contribution is 0.0940. The zero-order valence-electron chi connectivity index (χ0n) is 17.9. The van der Waals surface area contributed by atoms with Crippen LogP contribution in [0.4, 0.5) is 5.69 Å². The Morgan fingerprint density at radius 3 is 2.19 bits per heavy atom. The molecule has 1 amide bonds. The lowest BCUT2D eigenvalue weighted by Crippen LogP contribution is -2.27. The van der Waals surface area contributed by atoms with E-state index in [-0.39, 0.29) is 33.1 Å². The predicted molar refractivity (Wildman–Crippen MR) is 125 cm³/mol. The molecule has 0 aromatic heterocycles. The second-order valence-corrected chi connectivity index (χ2v) is 9.76. The van der Waals surface area contributed by atoms with Gasteiger partial charge in [-0.2, -0.15) is 0 Å². The van der Waals surface area contributed by atoms with Crippen molar-refractivity contribution in [1.29, 1.82) is 0 Å². The van der Waals surface area contributed by atoms with E-state index in [0.29, 0.717) is 0 Å². The number of carbonyl (C=O) groups is 1. The number of anilines is 1. The molecule has 0 spiro atoms. The highest BCUT2D eigenvalue weighted by molar-refractivity contribution is 7.92. The van der Waals surface area contributed by atoms with Crippen LogP contribution in [0.3, 0.4) is 0 Å². The van der Waals surface area contributed by atoms with Gasteiger partial charge in [0.1, 0.15) is 0 Å². The highest BCUT2D eigenvalue weighted by Gasteiger charge is 2.19. The molecule has 162 valence electrons. The summed E-state index contributed by atoms with van der Waals surface area (Å²) in [5.41, 5.74) is 4.65. The summed E-state index contributed by atoms with van der Waals surface area (Å²) in [5, 5.41) is 3.18. The van der Waals surface area contributed by atoms with Crippen LogP contribution in [0.1, 0.15) is 45.6 Å². The molecule has 0 aliphatic heterocycles. The average Bonchev–Trinajstić information content (AvgIpc) is 2.69. The zero-order valence-corrected chi connectivity index (χ0v) is 19.4. The van der Waals surface area contributed by atoms with E-state index >= 15 is 0 Å². The molecule has 31 heavy (non-hydrogen) atoms. The minimum absolute atomic E-state index is 0.141. The van der Waals surface area contributed by atoms with Crippen molar-refractivity contribution in [2.75, 3.05) is 4.72 Å². The molecule has 5 nitrogen and oxygen atoms in total.